The van der Waals surface area contributed by atoms with Crippen molar-refractivity contribution >= 4 is 29.5 Å². The summed E-state index contributed by atoms with van der Waals surface area (Å²) in [6, 6.07) is 5.04. The number of carbonyl (C=O) groups is 3. The lowest BCUT2D eigenvalue weighted by molar-refractivity contribution is -0.259. The first-order valence-electron chi connectivity index (χ1n) is 8.81. The Labute approximate surface area is 176 Å². The van der Waals surface area contributed by atoms with Crippen molar-refractivity contribution in [3.8, 4) is 5.75 Å². The van der Waals surface area contributed by atoms with Gasteiger partial charge in [0, 0.05) is 30.7 Å². The molecule has 0 aliphatic carbocycles. The summed E-state index contributed by atoms with van der Waals surface area (Å²) in [5.74, 6) is -1.68. The molecule has 2 unspecified atom stereocenters. The van der Waals surface area contributed by atoms with Gasteiger partial charge >= 0.3 is 17.9 Å². The van der Waals surface area contributed by atoms with Gasteiger partial charge in [0.05, 0.1) is 0 Å². The maximum atomic E-state index is 11.7. The van der Waals surface area contributed by atoms with Gasteiger partial charge in [0.15, 0.2) is 6.10 Å². The molecule has 12 heteroatoms. The molecule has 0 N–H and O–H groups in total. The summed E-state index contributed by atoms with van der Waals surface area (Å²) in [6.45, 7) is 3.17. The first-order chi connectivity index (χ1) is 14.2. The van der Waals surface area contributed by atoms with Crippen molar-refractivity contribution in [1.82, 2.24) is 0 Å². The quantitative estimate of drug-likeness (QED) is 0.206. The summed E-state index contributed by atoms with van der Waals surface area (Å²) >= 11 is 5.87. The molecule has 0 aromatic heterocycles. The lowest BCUT2D eigenvalue weighted by Crippen LogP contribution is -2.61. The van der Waals surface area contributed by atoms with Crippen molar-refractivity contribution in [2.75, 3.05) is 6.61 Å². The van der Waals surface area contributed by atoms with E-state index in [1.807, 2.05) is 0 Å². The third kappa shape index (κ3) is 6.51. The van der Waals surface area contributed by atoms with E-state index in [0.29, 0.717) is 10.8 Å². The molecule has 0 bridgehead atoms. The van der Waals surface area contributed by atoms with Crippen LogP contribution in [0.5, 0.6) is 5.75 Å². The van der Waals surface area contributed by atoms with Crippen molar-refractivity contribution in [3.63, 3.8) is 0 Å². The van der Waals surface area contributed by atoms with Gasteiger partial charge in [-0.25, -0.2) is 0 Å². The van der Waals surface area contributed by atoms with Gasteiger partial charge in [-0.1, -0.05) is 16.7 Å². The van der Waals surface area contributed by atoms with E-state index in [9.17, 15) is 14.4 Å². The first kappa shape index (κ1) is 23.3. The minimum absolute atomic E-state index is 0.318. The Morgan fingerprint density at radius 2 is 1.67 bits per heavy atom. The largest absolute Gasteiger partial charge is 0.463 e. The van der Waals surface area contributed by atoms with E-state index < -0.39 is 48.6 Å². The molecule has 0 radical (unpaired) electrons. The number of hydrogen-bond acceptors (Lipinski definition) is 9. The van der Waals surface area contributed by atoms with Crippen LogP contribution in [0.1, 0.15) is 20.8 Å². The van der Waals surface area contributed by atoms with Gasteiger partial charge in [-0.05, 0) is 29.8 Å². The first-order valence-corrected chi connectivity index (χ1v) is 9.18. The number of hydrogen-bond donors (Lipinski definition) is 0. The zero-order chi connectivity index (χ0) is 22.3. The molecule has 30 heavy (non-hydrogen) atoms. The van der Waals surface area contributed by atoms with Crippen LogP contribution < -0.4 is 4.74 Å². The predicted molar refractivity (Wildman–Crippen MR) is 101 cm³/mol. The molecule has 11 nitrogen and oxygen atoms in total. The van der Waals surface area contributed by atoms with Crippen molar-refractivity contribution in [2.45, 2.75) is 51.4 Å². The summed E-state index contributed by atoms with van der Waals surface area (Å²) in [5.41, 5.74) is 9.03. The van der Waals surface area contributed by atoms with Crippen LogP contribution in [-0.2, 0) is 33.3 Å². The molecular formula is C18H20ClN3O8. The number of nitrogens with zero attached hydrogens (tertiary/aromatic N) is 3. The van der Waals surface area contributed by atoms with Gasteiger partial charge in [0.2, 0.25) is 6.29 Å². The van der Waals surface area contributed by atoms with Gasteiger partial charge in [0.1, 0.15) is 30.6 Å². The SMILES string of the molecule is CC(=O)OCC1O[C@H](Oc2ccc(Cl)cc2)C(OC(C)=O)[C@@H](N=[N+]=[N-])[C@H]1OC(C)=O. The standard InChI is InChI=1S/C18H20ClN3O8/c1-9(23)26-8-14-16(27-10(2)24)15(21-22-20)17(28-11(3)25)18(30-14)29-13-6-4-12(19)5-7-13/h4-7,14-18H,8H2,1-3H3/t14?,15-,16-,17?,18-/m0/s1. The topological polar surface area (TPSA) is 146 Å². The highest BCUT2D eigenvalue weighted by Crippen LogP contribution is 2.31. The van der Waals surface area contributed by atoms with E-state index in [2.05, 4.69) is 10.0 Å². The van der Waals surface area contributed by atoms with E-state index in [-0.39, 0.29) is 6.61 Å². The Kier molecular flexibility index (Phi) is 8.28. The molecule has 5 atom stereocenters. The second-order valence-electron chi connectivity index (χ2n) is 6.26. The van der Waals surface area contributed by atoms with Gasteiger partial charge in [-0.3, -0.25) is 14.4 Å². The number of esters is 3. The number of rotatable bonds is 7. The Hall–Kier alpha value is -3.01. The fraction of sp³-hybridized carbons (Fsp3) is 0.500. The normalized spacial score (nSPS) is 25.4. The number of azide groups is 1. The number of carbonyl (C=O) groups excluding carboxylic acids is 3. The average molecular weight is 442 g/mol. The minimum atomic E-state index is -1.27. The molecule has 0 spiro atoms. The molecule has 1 aromatic rings. The van der Waals surface area contributed by atoms with Crippen molar-refractivity contribution in [2.24, 2.45) is 5.11 Å². The molecule has 1 saturated heterocycles. The van der Waals surface area contributed by atoms with E-state index >= 15 is 0 Å². The van der Waals surface area contributed by atoms with Crippen LogP contribution in [0.4, 0.5) is 0 Å². The van der Waals surface area contributed by atoms with E-state index in [1.165, 1.54) is 6.92 Å². The Balaban J connectivity index is 2.41. The summed E-state index contributed by atoms with van der Waals surface area (Å²) < 4.78 is 27.1. The summed E-state index contributed by atoms with van der Waals surface area (Å²) in [4.78, 5) is 37.3. The van der Waals surface area contributed by atoms with Gasteiger partial charge in [-0.15, -0.1) is 0 Å². The number of halogens is 1. The third-order valence-electron chi connectivity index (χ3n) is 3.92. The van der Waals surface area contributed by atoms with E-state index in [1.54, 1.807) is 24.3 Å². The summed E-state index contributed by atoms with van der Waals surface area (Å²) in [6.07, 6.45) is -4.78. The fourth-order valence-corrected chi connectivity index (χ4v) is 2.94. The molecule has 1 aliphatic rings. The molecule has 1 aliphatic heterocycles. The molecule has 0 saturated carbocycles. The highest BCUT2D eigenvalue weighted by atomic mass is 35.5. The minimum Gasteiger partial charge on any atom is -0.463 e. The number of ether oxygens (including phenoxy) is 5. The molecule has 162 valence electrons. The van der Waals surface area contributed by atoms with Crippen molar-refractivity contribution in [1.29, 1.82) is 0 Å². The predicted octanol–water partition coefficient (Wildman–Crippen LogP) is 2.55. The van der Waals surface area contributed by atoms with Crippen LogP contribution in [0.3, 0.4) is 0 Å². The van der Waals surface area contributed by atoms with E-state index in [0.717, 1.165) is 13.8 Å². The second kappa shape index (κ2) is 10.7. The summed E-state index contributed by atoms with van der Waals surface area (Å²) in [5, 5.41) is 4.11. The highest BCUT2D eigenvalue weighted by molar-refractivity contribution is 6.30. The maximum Gasteiger partial charge on any atom is 0.303 e. The van der Waals surface area contributed by atoms with Crippen molar-refractivity contribution < 1.29 is 38.1 Å². The molecule has 0 amide bonds. The van der Waals surface area contributed by atoms with Gasteiger partial charge in [-0.2, -0.15) is 0 Å². The van der Waals surface area contributed by atoms with E-state index in [4.69, 9.17) is 40.8 Å². The van der Waals surface area contributed by atoms with Crippen LogP contribution in [0.25, 0.3) is 10.4 Å². The molecule has 1 aromatic carbocycles. The van der Waals surface area contributed by atoms with Crippen LogP contribution in [0.2, 0.25) is 5.02 Å². The zero-order valence-electron chi connectivity index (χ0n) is 16.4. The molecular weight excluding hydrogens is 422 g/mol. The maximum absolute atomic E-state index is 11.7. The Morgan fingerprint density at radius 3 is 2.20 bits per heavy atom. The number of benzene rings is 1. The van der Waals surface area contributed by atoms with Gasteiger partial charge < -0.3 is 23.7 Å². The lowest BCUT2D eigenvalue weighted by Gasteiger charge is -2.43. The lowest BCUT2D eigenvalue weighted by atomic mass is 9.96. The molecule has 2 rings (SSSR count). The average Bonchev–Trinajstić information content (AvgIpc) is 2.66. The van der Waals surface area contributed by atoms with Crippen LogP contribution in [0, 0.1) is 0 Å². The third-order valence-corrected chi connectivity index (χ3v) is 4.17. The zero-order valence-corrected chi connectivity index (χ0v) is 17.1. The smallest absolute Gasteiger partial charge is 0.303 e. The van der Waals surface area contributed by atoms with Crippen molar-refractivity contribution in [3.05, 3.63) is 39.7 Å². The molecule has 1 fully saturated rings. The monoisotopic (exact) mass is 441 g/mol. The Morgan fingerprint density at radius 1 is 1.07 bits per heavy atom. The second-order valence-corrected chi connectivity index (χ2v) is 6.70. The fourth-order valence-electron chi connectivity index (χ4n) is 2.82. The van der Waals surface area contributed by atoms with Crippen LogP contribution in [-0.4, -0.2) is 55.2 Å². The van der Waals surface area contributed by atoms with Crippen LogP contribution >= 0.6 is 11.6 Å². The van der Waals surface area contributed by atoms with Crippen LogP contribution in [0.15, 0.2) is 29.4 Å². The molecule has 1 heterocycles. The highest BCUT2D eigenvalue weighted by Gasteiger charge is 2.51. The Bertz CT molecular complexity index is 827. The van der Waals surface area contributed by atoms with Gasteiger partial charge in [0.25, 0.3) is 0 Å². The summed E-state index contributed by atoms with van der Waals surface area (Å²) in [7, 11) is 0.